The summed E-state index contributed by atoms with van der Waals surface area (Å²) in [6, 6.07) is 1.12. The van der Waals surface area contributed by atoms with Crippen molar-refractivity contribution in [2.45, 2.75) is 19.4 Å². The van der Waals surface area contributed by atoms with Crippen molar-refractivity contribution in [2.24, 2.45) is 0 Å². The summed E-state index contributed by atoms with van der Waals surface area (Å²) in [6.07, 6.45) is 6.83. The van der Waals surface area contributed by atoms with Gasteiger partial charge in [-0.3, -0.25) is 0 Å². The van der Waals surface area contributed by atoms with Crippen LogP contribution >= 0.6 is 22.9 Å². The number of aryl methyl sites for hydroxylation is 1. The number of ether oxygens (including phenoxy) is 1. The van der Waals surface area contributed by atoms with Crippen LogP contribution in [0, 0.1) is 6.92 Å². The van der Waals surface area contributed by atoms with Crippen LogP contribution in [0.2, 0.25) is 5.02 Å². The minimum Gasteiger partial charge on any atom is -0.372 e. The third-order valence-electron chi connectivity index (χ3n) is 4.98. The molecule has 1 aliphatic rings. The van der Waals surface area contributed by atoms with Crippen molar-refractivity contribution in [3.8, 4) is 5.82 Å². The Morgan fingerprint density at radius 1 is 1.27 bits per heavy atom. The molecule has 1 aliphatic heterocycles. The number of hydrogen-bond donors (Lipinski definition) is 3. The van der Waals surface area contributed by atoms with Crippen molar-refractivity contribution in [3.63, 3.8) is 0 Å². The Bertz CT molecular complexity index is 1290. The van der Waals surface area contributed by atoms with Crippen LogP contribution < -0.4 is 16.0 Å². The van der Waals surface area contributed by atoms with Crippen LogP contribution in [0.15, 0.2) is 30.9 Å². The van der Waals surface area contributed by atoms with E-state index in [9.17, 15) is 4.79 Å². The lowest BCUT2D eigenvalue weighted by Crippen LogP contribution is -2.24. The molecule has 0 aliphatic carbocycles. The zero-order valence-electron chi connectivity index (χ0n) is 17.6. The molecule has 5 heterocycles. The van der Waals surface area contributed by atoms with Gasteiger partial charge in [0.15, 0.2) is 5.82 Å². The number of halogens is 1. The van der Waals surface area contributed by atoms with Gasteiger partial charge in [-0.2, -0.15) is 10.2 Å². The summed E-state index contributed by atoms with van der Waals surface area (Å²) in [5, 5.41) is 18.2. The highest BCUT2D eigenvalue weighted by molar-refractivity contribution is 7.18. The predicted octanol–water partition coefficient (Wildman–Crippen LogP) is 3.32. The molecule has 1 atom stereocenters. The van der Waals surface area contributed by atoms with Crippen molar-refractivity contribution in [2.75, 3.05) is 30.3 Å². The molecule has 1 unspecified atom stereocenters. The van der Waals surface area contributed by atoms with Gasteiger partial charge in [0.2, 0.25) is 0 Å². The van der Waals surface area contributed by atoms with Crippen LogP contribution in [0.25, 0.3) is 16.2 Å². The molecule has 4 aromatic rings. The maximum atomic E-state index is 12.8. The van der Waals surface area contributed by atoms with Gasteiger partial charge in [0, 0.05) is 18.7 Å². The van der Waals surface area contributed by atoms with E-state index in [4.69, 9.17) is 16.3 Å². The first-order valence-electron chi connectivity index (χ1n) is 10.3. The number of pyridine rings is 2. The molecule has 33 heavy (non-hydrogen) atoms. The summed E-state index contributed by atoms with van der Waals surface area (Å²) in [5.41, 5.74) is 2.51. The van der Waals surface area contributed by atoms with E-state index in [0.717, 1.165) is 33.9 Å². The number of nitrogens with one attached hydrogen (secondary N) is 3. The first kappa shape index (κ1) is 21.6. The normalized spacial score (nSPS) is 16.5. The van der Waals surface area contributed by atoms with Crippen LogP contribution in [0.3, 0.4) is 0 Å². The SMILES string of the molecule is Cc1nc2c(C3CNCCCO3)c(NC(=O)Nc3cnc(-n4nccn4)c(Cl)c3)cnc2s1. The number of anilines is 2. The second-order valence-electron chi connectivity index (χ2n) is 7.32. The molecule has 1 fully saturated rings. The Balaban J connectivity index is 1.40. The van der Waals surface area contributed by atoms with Gasteiger partial charge in [-0.1, -0.05) is 22.9 Å². The van der Waals surface area contributed by atoms with Gasteiger partial charge in [-0.15, -0.1) is 4.80 Å². The minimum absolute atomic E-state index is 0.258. The summed E-state index contributed by atoms with van der Waals surface area (Å²) in [4.78, 5) is 28.3. The summed E-state index contributed by atoms with van der Waals surface area (Å²) >= 11 is 7.80. The first-order chi connectivity index (χ1) is 16.1. The van der Waals surface area contributed by atoms with Gasteiger partial charge in [0.1, 0.15) is 10.3 Å². The molecule has 0 saturated carbocycles. The van der Waals surface area contributed by atoms with Crippen molar-refractivity contribution >= 4 is 50.7 Å². The van der Waals surface area contributed by atoms with Gasteiger partial charge in [0.05, 0.1) is 52.3 Å². The van der Waals surface area contributed by atoms with E-state index in [2.05, 4.69) is 41.1 Å². The van der Waals surface area contributed by atoms with Crippen LogP contribution in [-0.4, -0.2) is 55.7 Å². The Morgan fingerprint density at radius 2 is 2.12 bits per heavy atom. The molecular formula is C20H20ClN9O2S. The highest BCUT2D eigenvalue weighted by Crippen LogP contribution is 2.34. The number of carbonyl (C=O) groups excluding carboxylic acids is 1. The smallest absolute Gasteiger partial charge is 0.323 e. The van der Waals surface area contributed by atoms with Crippen molar-refractivity contribution in [1.29, 1.82) is 0 Å². The number of rotatable bonds is 4. The second kappa shape index (κ2) is 9.35. The fourth-order valence-electron chi connectivity index (χ4n) is 3.58. The largest absolute Gasteiger partial charge is 0.372 e. The number of nitrogens with zero attached hydrogens (tertiary/aromatic N) is 6. The predicted molar refractivity (Wildman–Crippen MR) is 125 cm³/mol. The fraction of sp³-hybridized carbons (Fsp3) is 0.300. The van der Waals surface area contributed by atoms with E-state index in [1.807, 2.05) is 6.92 Å². The number of carbonyl (C=O) groups is 1. The summed E-state index contributed by atoms with van der Waals surface area (Å²) < 4.78 is 6.07. The van der Waals surface area contributed by atoms with E-state index in [1.165, 1.54) is 34.7 Å². The second-order valence-corrected chi connectivity index (χ2v) is 8.91. The Labute approximate surface area is 197 Å². The molecule has 3 N–H and O–H groups in total. The standard InChI is InChI=1S/C20H20ClN9O2S/c1-11-27-17-16(15-10-22-3-2-6-32-15)14(9-24-19(17)33-11)29-20(31)28-12-7-13(21)18(23-8-12)30-25-4-5-26-30/h4-5,7-9,15,22H,2-3,6,10H2,1H3,(H2,28,29,31). The van der Waals surface area contributed by atoms with Gasteiger partial charge >= 0.3 is 6.03 Å². The quantitative estimate of drug-likeness (QED) is 0.401. The third-order valence-corrected chi connectivity index (χ3v) is 6.13. The third kappa shape index (κ3) is 4.64. The first-order valence-corrected chi connectivity index (χ1v) is 11.5. The summed E-state index contributed by atoms with van der Waals surface area (Å²) in [7, 11) is 0. The van der Waals surface area contributed by atoms with Crippen LogP contribution in [0.1, 0.15) is 23.1 Å². The maximum absolute atomic E-state index is 12.8. The van der Waals surface area contributed by atoms with E-state index < -0.39 is 6.03 Å². The Hall–Kier alpha value is -3.19. The monoisotopic (exact) mass is 485 g/mol. The molecule has 1 saturated heterocycles. The molecule has 0 spiro atoms. The zero-order chi connectivity index (χ0) is 22.8. The van der Waals surface area contributed by atoms with E-state index in [0.29, 0.717) is 35.4 Å². The summed E-state index contributed by atoms with van der Waals surface area (Å²) in [6.45, 7) is 4.05. The van der Waals surface area contributed by atoms with Gasteiger partial charge in [0.25, 0.3) is 0 Å². The van der Waals surface area contributed by atoms with Gasteiger partial charge < -0.3 is 20.7 Å². The number of urea groups is 1. The average Bonchev–Trinajstić information content (AvgIpc) is 3.36. The molecule has 170 valence electrons. The van der Waals surface area contributed by atoms with Crippen LogP contribution in [0.4, 0.5) is 16.2 Å². The van der Waals surface area contributed by atoms with Crippen LogP contribution in [0.5, 0.6) is 0 Å². The molecule has 5 rings (SSSR count). The van der Waals surface area contributed by atoms with Crippen molar-refractivity contribution in [1.82, 2.24) is 35.3 Å². The maximum Gasteiger partial charge on any atom is 0.323 e. The highest BCUT2D eigenvalue weighted by atomic mass is 35.5. The molecule has 0 bridgehead atoms. The van der Waals surface area contributed by atoms with E-state index >= 15 is 0 Å². The number of thiazole rings is 1. The number of aromatic nitrogens is 6. The fourth-order valence-corrected chi connectivity index (χ4v) is 4.60. The van der Waals surface area contributed by atoms with Gasteiger partial charge in [-0.25, -0.2) is 19.7 Å². The van der Waals surface area contributed by atoms with Crippen molar-refractivity contribution in [3.05, 3.63) is 46.4 Å². The topological polar surface area (TPSA) is 132 Å². The Kier molecular flexibility index (Phi) is 6.13. The Morgan fingerprint density at radius 3 is 2.94 bits per heavy atom. The molecule has 4 aromatic heterocycles. The lowest BCUT2D eigenvalue weighted by Gasteiger charge is -2.20. The van der Waals surface area contributed by atoms with Crippen LogP contribution in [-0.2, 0) is 4.74 Å². The number of hydrogen-bond acceptors (Lipinski definition) is 9. The molecule has 13 heteroatoms. The van der Waals surface area contributed by atoms with E-state index in [1.54, 1.807) is 12.3 Å². The lowest BCUT2D eigenvalue weighted by molar-refractivity contribution is 0.0682. The van der Waals surface area contributed by atoms with Gasteiger partial charge in [-0.05, 0) is 26.0 Å². The number of amides is 2. The highest BCUT2D eigenvalue weighted by Gasteiger charge is 2.24. The lowest BCUT2D eigenvalue weighted by atomic mass is 10.1. The summed E-state index contributed by atoms with van der Waals surface area (Å²) in [5.74, 6) is 0.362. The minimum atomic E-state index is -0.464. The molecule has 0 aromatic carbocycles. The average molecular weight is 486 g/mol. The number of fused-ring (bicyclic) bond motifs is 1. The molecule has 2 amide bonds. The zero-order valence-corrected chi connectivity index (χ0v) is 19.2. The van der Waals surface area contributed by atoms with E-state index in [-0.39, 0.29) is 6.10 Å². The molecule has 0 radical (unpaired) electrons. The molecular weight excluding hydrogens is 466 g/mol. The molecule has 11 nitrogen and oxygen atoms in total. The van der Waals surface area contributed by atoms with Crippen molar-refractivity contribution < 1.29 is 9.53 Å².